The molecule has 0 saturated heterocycles. The Balaban J connectivity index is 2.32. The van der Waals surface area contributed by atoms with Gasteiger partial charge in [-0.15, -0.1) is 0 Å². The van der Waals surface area contributed by atoms with Gasteiger partial charge in [0, 0.05) is 6.54 Å². The average molecular weight is 322 g/mol. The summed E-state index contributed by atoms with van der Waals surface area (Å²) in [4.78, 5) is 10.6. The van der Waals surface area contributed by atoms with E-state index in [1.165, 1.54) is 0 Å². The van der Waals surface area contributed by atoms with Gasteiger partial charge in [0.05, 0.1) is 9.92 Å². The Morgan fingerprint density at radius 2 is 2.10 bits per heavy atom. The first kappa shape index (κ1) is 15.2. The molecule has 1 aliphatic carbocycles. The SMILES string of the molecule is O=C(O)CN(CC1CC1)S(=O)(=O)c1ccc(F)c(Cl)c1. The molecule has 0 aromatic heterocycles. The first-order valence-electron chi connectivity index (χ1n) is 5.97. The summed E-state index contributed by atoms with van der Waals surface area (Å²) < 4.78 is 38.7. The Kier molecular flexibility index (Phi) is 4.31. The Labute approximate surface area is 121 Å². The number of benzene rings is 1. The van der Waals surface area contributed by atoms with Crippen LogP contribution in [0, 0.1) is 11.7 Å². The molecule has 1 saturated carbocycles. The molecule has 110 valence electrons. The van der Waals surface area contributed by atoms with Crippen molar-refractivity contribution in [3.05, 3.63) is 29.0 Å². The van der Waals surface area contributed by atoms with Gasteiger partial charge in [0.1, 0.15) is 12.4 Å². The fourth-order valence-corrected chi connectivity index (χ4v) is 3.51. The maximum Gasteiger partial charge on any atom is 0.318 e. The Morgan fingerprint density at radius 3 is 2.60 bits per heavy atom. The molecule has 1 fully saturated rings. The van der Waals surface area contributed by atoms with Crippen LogP contribution in [0.4, 0.5) is 4.39 Å². The predicted octanol–water partition coefficient (Wildman–Crippen LogP) is 1.96. The van der Waals surface area contributed by atoms with Crippen molar-refractivity contribution in [3.8, 4) is 0 Å². The molecule has 5 nitrogen and oxygen atoms in total. The monoisotopic (exact) mass is 321 g/mol. The third kappa shape index (κ3) is 3.47. The zero-order chi connectivity index (χ0) is 14.9. The Bertz CT molecular complexity index is 630. The number of carboxylic acids is 1. The van der Waals surface area contributed by atoms with Crippen molar-refractivity contribution >= 4 is 27.6 Å². The Morgan fingerprint density at radius 1 is 1.45 bits per heavy atom. The predicted molar refractivity (Wildman–Crippen MR) is 70.5 cm³/mol. The van der Waals surface area contributed by atoms with E-state index in [0.717, 1.165) is 35.3 Å². The Hall–Kier alpha value is -1.18. The molecule has 8 heteroatoms. The standard InChI is InChI=1S/C12H13ClFNO4S/c13-10-5-9(3-4-11(10)14)20(18,19)15(7-12(16)17)6-8-1-2-8/h3-5,8H,1-2,6-7H2,(H,16,17). The summed E-state index contributed by atoms with van der Waals surface area (Å²) in [5.41, 5.74) is 0. The van der Waals surface area contributed by atoms with E-state index >= 15 is 0 Å². The zero-order valence-electron chi connectivity index (χ0n) is 10.4. The fraction of sp³-hybridized carbons (Fsp3) is 0.417. The summed E-state index contributed by atoms with van der Waals surface area (Å²) in [6, 6.07) is 3.03. The molecule has 1 aliphatic rings. The number of nitrogens with zero attached hydrogens (tertiary/aromatic N) is 1. The van der Waals surface area contributed by atoms with E-state index in [1.54, 1.807) is 0 Å². The van der Waals surface area contributed by atoms with Gasteiger partial charge < -0.3 is 5.11 Å². The van der Waals surface area contributed by atoms with Crippen LogP contribution >= 0.6 is 11.6 Å². The van der Waals surface area contributed by atoms with Gasteiger partial charge >= 0.3 is 5.97 Å². The van der Waals surface area contributed by atoms with E-state index in [9.17, 15) is 17.6 Å². The number of aliphatic carboxylic acids is 1. The van der Waals surface area contributed by atoms with Gasteiger partial charge in [-0.25, -0.2) is 12.8 Å². The minimum Gasteiger partial charge on any atom is -0.480 e. The van der Waals surface area contributed by atoms with Crippen molar-refractivity contribution in [3.63, 3.8) is 0 Å². The maximum absolute atomic E-state index is 13.1. The average Bonchev–Trinajstić information content (AvgIpc) is 3.15. The molecule has 0 heterocycles. The largest absolute Gasteiger partial charge is 0.480 e. The van der Waals surface area contributed by atoms with Crippen LogP contribution in [-0.2, 0) is 14.8 Å². The van der Waals surface area contributed by atoms with Gasteiger partial charge in [0.25, 0.3) is 0 Å². The maximum atomic E-state index is 13.1. The van der Waals surface area contributed by atoms with Crippen LogP contribution in [0.5, 0.6) is 0 Å². The van der Waals surface area contributed by atoms with Crippen LogP contribution < -0.4 is 0 Å². The van der Waals surface area contributed by atoms with E-state index < -0.39 is 28.4 Å². The minimum absolute atomic E-state index is 0.156. The van der Waals surface area contributed by atoms with Gasteiger partial charge in [-0.05, 0) is 37.0 Å². The molecule has 1 N–H and O–H groups in total. The van der Waals surface area contributed by atoms with Crippen LogP contribution in [0.3, 0.4) is 0 Å². The minimum atomic E-state index is -3.99. The number of rotatable bonds is 6. The summed E-state index contributed by atoms with van der Waals surface area (Å²) in [7, 11) is -3.99. The van der Waals surface area contributed by atoms with Crippen LogP contribution in [0.15, 0.2) is 23.1 Å². The molecule has 0 atom stereocenters. The molecule has 1 aromatic carbocycles. The summed E-state index contributed by atoms with van der Waals surface area (Å²) in [6.07, 6.45) is 1.77. The third-order valence-corrected chi connectivity index (χ3v) is 5.10. The fourth-order valence-electron chi connectivity index (χ4n) is 1.77. The lowest BCUT2D eigenvalue weighted by atomic mass is 10.3. The number of hydrogen-bond acceptors (Lipinski definition) is 3. The number of hydrogen-bond donors (Lipinski definition) is 1. The van der Waals surface area contributed by atoms with E-state index in [1.807, 2.05) is 0 Å². The first-order valence-corrected chi connectivity index (χ1v) is 7.79. The number of carboxylic acid groups (broad SMARTS) is 1. The zero-order valence-corrected chi connectivity index (χ0v) is 12.0. The molecule has 0 aliphatic heterocycles. The normalized spacial score (nSPS) is 15.6. The van der Waals surface area contributed by atoms with Gasteiger partial charge in [0.15, 0.2) is 0 Å². The van der Waals surface area contributed by atoms with Gasteiger partial charge in [-0.2, -0.15) is 4.31 Å². The molecule has 20 heavy (non-hydrogen) atoms. The van der Waals surface area contributed by atoms with Crippen LogP contribution in [-0.4, -0.2) is 36.9 Å². The van der Waals surface area contributed by atoms with Crippen LogP contribution in [0.25, 0.3) is 0 Å². The smallest absolute Gasteiger partial charge is 0.318 e. The lowest BCUT2D eigenvalue weighted by Crippen LogP contribution is -2.37. The molecular formula is C12H13ClFNO4S. The molecular weight excluding hydrogens is 309 g/mol. The number of sulfonamides is 1. The highest BCUT2D eigenvalue weighted by atomic mass is 35.5. The molecule has 0 bridgehead atoms. The van der Waals surface area contributed by atoms with Crippen LogP contribution in [0.1, 0.15) is 12.8 Å². The second kappa shape index (κ2) is 5.67. The van der Waals surface area contributed by atoms with Crippen molar-refractivity contribution in [1.82, 2.24) is 4.31 Å². The van der Waals surface area contributed by atoms with Crippen molar-refractivity contribution in [2.75, 3.05) is 13.1 Å². The first-order chi connectivity index (χ1) is 9.30. The molecule has 1 aromatic rings. The molecule has 2 rings (SSSR count). The topological polar surface area (TPSA) is 74.7 Å². The quantitative estimate of drug-likeness (QED) is 0.869. The van der Waals surface area contributed by atoms with Crippen molar-refractivity contribution < 1.29 is 22.7 Å². The summed E-state index contributed by atoms with van der Waals surface area (Å²) in [5, 5.41) is 8.52. The second-order valence-corrected chi connectivity index (χ2v) is 7.06. The van der Waals surface area contributed by atoms with Crippen molar-refractivity contribution in [2.45, 2.75) is 17.7 Å². The van der Waals surface area contributed by atoms with Crippen molar-refractivity contribution in [1.29, 1.82) is 0 Å². The van der Waals surface area contributed by atoms with Gasteiger partial charge in [-0.1, -0.05) is 11.6 Å². The van der Waals surface area contributed by atoms with Gasteiger partial charge in [-0.3, -0.25) is 4.79 Å². The lowest BCUT2D eigenvalue weighted by Gasteiger charge is -2.20. The second-order valence-electron chi connectivity index (χ2n) is 4.71. The van der Waals surface area contributed by atoms with Crippen molar-refractivity contribution in [2.24, 2.45) is 5.92 Å². The number of halogens is 2. The highest BCUT2D eigenvalue weighted by Gasteiger charge is 2.33. The summed E-state index contributed by atoms with van der Waals surface area (Å²) >= 11 is 5.57. The molecule has 0 radical (unpaired) electrons. The summed E-state index contributed by atoms with van der Waals surface area (Å²) in [5.74, 6) is -1.76. The summed E-state index contributed by atoms with van der Waals surface area (Å²) in [6.45, 7) is -0.461. The van der Waals surface area contributed by atoms with E-state index in [-0.39, 0.29) is 22.4 Å². The third-order valence-electron chi connectivity index (χ3n) is 3.00. The molecule has 0 spiro atoms. The van der Waals surface area contributed by atoms with E-state index in [0.29, 0.717) is 0 Å². The number of carbonyl (C=O) groups is 1. The van der Waals surface area contributed by atoms with E-state index in [4.69, 9.17) is 16.7 Å². The molecule has 0 unspecified atom stereocenters. The highest BCUT2D eigenvalue weighted by Crippen LogP contribution is 2.32. The van der Waals surface area contributed by atoms with E-state index in [2.05, 4.69) is 0 Å². The van der Waals surface area contributed by atoms with Crippen LogP contribution in [0.2, 0.25) is 5.02 Å². The highest BCUT2D eigenvalue weighted by molar-refractivity contribution is 7.89. The lowest BCUT2D eigenvalue weighted by molar-refractivity contribution is -0.137. The van der Waals surface area contributed by atoms with Gasteiger partial charge in [0.2, 0.25) is 10.0 Å². The molecule has 0 amide bonds.